The molecule has 1 saturated heterocycles. The lowest BCUT2D eigenvalue weighted by atomic mass is 10.00. The van der Waals surface area contributed by atoms with Crippen LogP contribution in [0, 0.1) is 11.7 Å². The van der Waals surface area contributed by atoms with Crippen molar-refractivity contribution in [2.75, 3.05) is 31.2 Å². The Balaban J connectivity index is 1.50. The van der Waals surface area contributed by atoms with E-state index in [0.29, 0.717) is 41.1 Å². The third-order valence-corrected chi connectivity index (χ3v) is 6.56. The monoisotopic (exact) mass is 464 g/mol. The normalized spacial score (nSPS) is 15.6. The summed E-state index contributed by atoms with van der Waals surface area (Å²) in [5.74, 6) is -0.332. The van der Waals surface area contributed by atoms with E-state index in [0.717, 1.165) is 12.5 Å². The summed E-state index contributed by atoms with van der Waals surface area (Å²) in [5, 5.41) is 4.95. The Morgan fingerprint density at radius 3 is 2.84 bits per heavy atom. The van der Waals surface area contributed by atoms with E-state index in [9.17, 15) is 17.6 Å². The molecular weight excluding hydrogens is 443 g/mol. The highest BCUT2D eigenvalue weighted by molar-refractivity contribution is 7.88. The molecule has 31 heavy (non-hydrogen) atoms. The first-order valence-corrected chi connectivity index (χ1v) is 12.3. The summed E-state index contributed by atoms with van der Waals surface area (Å²) in [6.45, 7) is 3.03. The van der Waals surface area contributed by atoms with E-state index in [4.69, 9.17) is 0 Å². The number of anilines is 1. The van der Waals surface area contributed by atoms with Crippen LogP contribution in [-0.2, 0) is 10.0 Å². The van der Waals surface area contributed by atoms with E-state index in [1.165, 1.54) is 17.4 Å². The topological polar surface area (TPSA) is 117 Å². The lowest BCUT2D eigenvalue weighted by Crippen LogP contribution is -2.53. The molecule has 0 radical (unpaired) electrons. The van der Waals surface area contributed by atoms with Gasteiger partial charge in [-0.15, -0.1) is 11.3 Å². The molecule has 0 aromatic carbocycles. The van der Waals surface area contributed by atoms with E-state index in [-0.39, 0.29) is 23.8 Å². The van der Waals surface area contributed by atoms with Crippen molar-refractivity contribution in [1.29, 1.82) is 0 Å². The molecule has 4 rings (SSSR count). The minimum absolute atomic E-state index is 0.0671. The molecular formula is C19H21FN6O3S2. The second kappa shape index (κ2) is 8.44. The third kappa shape index (κ3) is 4.97. The zero-order valence-electron chi connectivity index (χ0n) is 16.9. The quantitative estimate of drug-likeness (QED) is 0.549. The number of hydrogen-bond donors (Lipinski definition) is 2. The van der Waals surface area contributed by atoms with Crippen molar-refractivity contribution in [3.8, 4) is 0 Å². The minimum Gasteiger partial charge on any atom is -0.348 e. The van der Waals surface area contributed by atoms with Crippen LogP contribution in [0.25, 0.3) is 10.2 Å². The average molecular weight is 465 g/mol. The van der Waals surface area contributed by atoms with Crippen molar-refractivity contribution in [3.63, 3.8) is 0 Å². The number of hydrogen-bond acceptors (Lipinski definition) is 8. The molecule has 2 N–H and O–H groups in total. The van der Waals surface area contributed by atoms with Crippen LogP contribution < -0.4 is 10.0 Å². The molecule has 4 heterocycles. The molecule has 0 bridgehead atoms. The molecule has 164 valence electrons. The van der Waals surface area contributed by atoms with Gasteiger partial charge in [-0.3, -0.25) is 9.78 Å². The predicted octanol–water partition coefficient (Wildman–Crippen LogP) is 2.02. The van der Waals surface area contributed by atoms with E-state index in [1.54, 1.807) is 11.1 Å². The molecule has 1 aliphatic rings. The number of nitrogens with zero attached hydrogens (tertiary/aromatic N) is 4. The number of amides is 1. The van der Waals surface area contributed by atoms with Crippen molar-refractivity contribution in [2.45, 2.75) is 13.0 Å². The molecule has 3 aromatic rings. The van der Waals surface area contributed by atoms with Crippen molar-refractivity contribution in [1.82, 2.24) is 24.6 Å². The van der Waals surface area contributed by atoms with Crippen LogP contribution in [0.1, 0.15) is 29.0 Å². The number of sulfonamides is 1. The van der Waals surface area contributed by atoms with Crippen molar-refractivity contribution < 1.29 is 17.6 Å². The molecule has 0 spiro atoms. The van der Waals surface area contributed by atoms with Crippen LogP contribution >= 0.6 is 11.3 Å². The molecule has 9 nitrogen and oxygen atoms in total. The molecule has 3 aromatic heterocycles. The number of halogens is 1. The second-order valence-electron chi connectivity index (χ2n) is 7.53. The highest BCUT2D eigenvalue weighted by Gasteiger charge is 2.33. The van der Waals surface area contributed by atoms with Crippen LogP contribution in [0.2, 0.25) is 0 Å². The number of carbonyl (C=O) groups excluding carboxylic acids is 1. The van der Waals surface area contributed by atoms with Crippen LogP contribution in [0.15, 0.2) is 29.9 Å². The van der Waals surface area contributed by atoms with Gasteiger partial charge in [0.15, 0.2) is 5.69 Å². The van der Waals surface area contributed by atoms with Crippen molar-refractivity contribution in [3.05, 3.63) is 47.0 Å². The molecule has 1 amide bonds. The van der Waals surface area contributed by atoms with Gasteiger partial charge in [-0.25, -0.2) is 27.5 Å². The number of aromatic nitrogens is 3. The average Bonchev–Trinajstić information content (AvgIpc) is 3.13. The Morgan fingerprint density at radius 2 is 2.13 bits per heavy atom. The van der Waals surface area contributed by atoms with Gasteiger partial charge in [0.1, 0.15) is 5.82 Å². The van der Waals surface area contributed by atoms with Gasteiger partial charge >= 0.3 is 0 Å². The number of fused-ring (bicyclic) bond motifs is 1. The fourth-order valence-electron chi connectivity index (χ4n) is 3.30. The minimum atomic E-state index is -3.26. The first-order chi connectivity index (χ1) is 14.7. The Morgan fingerprint density at radius 1 is 1.35 bits per heavy atom. The lowest BCUT2D eigenvalue weighted by Gasteiger charge is -2.39. The van der Waals surface area contributed by atoms with E-state index in [2.05, 4.69) is 25.0 Å². The summed E-state index contributed by atoms with van der Waals surface area (Å²) >= 11 is 1.38. The molecule has 0 saturated carbocycles. The van der Waals surface area contributed by atoms with Gasteiger partial charge in [-0.1, -0.05) is 0 Å². The maximum Gasteiger partial charge on any atom is 0.274 e. The van der Waals surface area contributed by atoms with Gasteiger partial charge in [0.25, 0.3) is 5.91 Å². The van der Waals surface area contributed by atoms with Gasteiger partial charge < -0.3 is 10.2 Å². The molecule has 0 aliphatic carbocycles. The Hall–Kier alpha value is -2.70. The molecule has 1 fully saturated rings. The Bertz CT molecular complexity index is 1230. The summed E-state index contributed by atoms with van der Waals surface area (Å²) in [5.41, 5.74) is 1.57. The summed E-state index contributed by atoms with van der Waals surface area (Å²) in [6.07, 6.45) is 3.80. The summed E-state index contributed by atoms with van der Waals surface area (Å²) in [7, 11) is -3.26. The standard InChI is InChI=1S/C19H21FN6O3S2/c1-11(13-5-14(20)8-21-7-13)23-19-24-15-3-4-30-17(15)16(25-19)18(27)26-9-12(10-26)6-22-31(2,28)29/h3-5,7-8,11-12,22H,6,9-10H2,1-2H3,(H,23,24,25). The fourth-order valence-corrected chi connectivity index (χ4v) is 4.65. The zero-order valence-corrected chi connectivity index (χ0v) is 18.5. The molecule has 1 unspecified atom stereocenters. The van der Waals surface area contributed by atoms with Crippen molar-refractivity contribution in [2.24, 2.45) is 5.92 Å². The predicted molar refractivity (Wildman–Crippen MR) is 116 cm³/mol. The number of thiophene rings is 1. The van der Waals surface area contributed by atoms with Crippen LogP contribution in [0.5, 0.6) is 0 Å². The number of nitrogens with one attached hydrogen (secondary N) is 2. The lowest BCUT2D eigenvalue weighted by molar-refractivity contribution is 0.0506. The number of rotatable bonds is 7. The van der Waals surface area contributed by atoms with Crippen LogP contribution in [0.4, 0.5) is 10.3 Å². The highest BCUT2D eigenvalue weighted by Crippen LogP contribution is 2.28. The molecule has 1 aliphatic heterocycles. The first-order valence-electron chi connectivity index (χ1n) is 9.56. The third-order valence-electron chi connectivity index (χ3n) is 4.96. The van der Waals surface area contributed by atoms with E-state index in [1.807, 2.05) is 18.4 Å². The smallest absolute Gasteiger partial charge is 0.274 e. The zero-order chi connectivity index (χ0) is 22.2. The summed E-state index contributed by atoms with van der Waals surface area (Å²) < 4.78 is 39.1. The maximum absolute atomic E-state index is 13.5. The number of pyridine rings is 1. The van der Waals surface area contributed by atoms with Gasteiger partial charge in [-0.2, -0.15) is 0 Å². The number of carbonyl (C=O) groups is 1. The SMILES string of the molecule is CC(Nc1nc(C(=O)N2CC(CNS(C)(=O)=O)C2)c2sccc2n1)c1cncc(F)c1. The van der Waals surface area contributed by atoms with Gasteiger partial charge in [0, 0.05) is 31.7 Å². The van der Waals surface area contributed by atoms with Crippen LogP contribution in [0.3, 0.4) is 0 Å². The van der Waals surface area contributed by atoms with Crippen molar-refractivity contribution >= 4 is 43.4 Å². The van der Waals surface area contributed by atoms with E-state index >= 15 is 0 Å². The summed E-state index contributed by atoms with van der Waals surface area (Å²) in [6, 6.07) is 2.87. The Kier molecular flexibility index (Phi) is 5.86. The van der Waals surface area contributed by atoms with Crippen LogP contribution in [-0.4, -0.2) is 60.1 Å². The fraction of sp³-hybridized carbons (Fsp3) is 0.368. The Labute approximate surface area is 182 Å². The highest BCUT2D eigenvalue weighted by atomic mass is 32.2. The molecule has 12 heteroatoms. The summed E-state index contributed by atoms with van der Waals surface area (Å²) in [4.78, 5) is 27.5. The van der Waals surface area contributed by atoms with Gasteiger partial charge in [-0.05, 0) is 30.0 Å². The second-order valence-corrected chi connectivity index (χ2v) is 10.3. The van der Waals surface area contributed by atoms with E-state index < -0.39 is 15.8 Å². The largest absolute Gasteiger partial charge is 0.348 e. The van der Waals surface area contributed by atoms with Gasteiger partial charge in [0.2, 0.25) is 16.0 Å². The maximum atomic E-state index is 13.5. The van der Waals surface area contributed by atoms with Gasteiger partial charge in [0.05, 0.1) is 28.7 Å². The number of likely N-dealkylation sites (tertiary alicyclic amines) is 1. The molecule has 1 atom stereocenters. The first kappa shape index (κ1) is 21.5.